The van der Waals surface area contributed by atoms with Crippen LogP contribution in [0.1, 0.15) is 49.2 Å². The summed E-state index contributed by atoms with van der Waals surface area (Å²) in [6, 6.07) is 7.45. The number of amides is 2. The molecule has 7 heteroatoms. The fraction of sp³-hybridized carbons (Fsp3) is 0.450. The van der Waals surface area contributed by atoms with Gasteiger partial charge in [0.25, 0.3) is 5.91 Å². The molecule has 2 amide bonds. The fourth-order valence-corrected chi connectivity index (χ4v) is 3.68. The lowest BCUT2D eigenvalue weighted by atomic mass is 10.0. The first-order chi connectivity index (χ1) is 12.9. The van der Waals surface area contributed by atoms with E-state index in [2.05, 4.69) is 18.9 Å². The Morgan fingerprint density at radius 1 is 1.11 bits per heavy atom. The van der Waals surface area contributed by atoms with E-state index in [1.165, 1.54) is 0 Å². The van der Waals surface area contributed by atoms with Crippen molar-refractivity contribution >= 4 is 23.4 Å². The van der Waals surface area contributed by atoms with Crippen molar-refractivity contribution in [2.24, 2.45) is 0 Å². The van der Waals surface area contributed by atoms with E-state index in [0.717, 1.165) is 17.8 Å². The Morgan fingerprint density at radius 3 is 2.48 bits per heavy atom. The third kappa shape index (κ3) is 4.16. The molecule has 1 fully saturated rings. The largest absolute Gasteiger partial charge is 0.341 e. The van der Waals surface area contributed by atoms with Gasteiger partial charge in [0.05, 0.1) is 23.1 Å². The number of hydrogen-bond acceptors (Lipinski definition) is 3. The maximum Gasteiger partial charge on any atom is 0.257 e. The predicted octanol–water partition coefficient (Wildman–Crippen LogP) is 3.34. The van der Waals surface area contributed by atoms with Gasteiger partial charge in [0.15, 0.2) is 0 Å². The Hall–Kier alpha value is -2.34. The zero-order valence-corrected chi connectivity index (χ0v) is 16.7. The monoisotopic (exact) mass is 388 g/mol. The normalized spacial score (nSPS) is 15.1. The van der Waals surface area contributed by atoms with Crippen LogP contribution in [-0.2, 0) is 4.79 Å². The second-order valence-electron chi connectivity index (χ2n) is 7.14. The van der Waals surface area contributed by atoms with Gasteiger partial charge in [-0.3, -0.25) is 9.59 Å². The van der Waals surface area contributed by atoms with Crippen LogP contribution in [0.15, 0.2) is 30.5 Å². The number of benzene rings is 1. The summed E-state index contributed by atoms with van der Waals surface area (Å²) in [5.41, 5.74) is 2.32. The highest BCUT2D eigenvalue weighted by atomic mass is 35.5. The topological polar surface area (TPSA) is 58.4 Å². The van der Waals surface area contributed by atoms with Crippen molar-refractivity contribution in [3.8, 4) is 5.69 Å². The quantitative estimate of drug-likeness (QED) is 0.810. The second kappa shape index (κ2) is 8.13. The molecular formula is C20H25ClN4O2. The SMILES string of the molecule is CC(=O)N1CCCN(C(=O)c2cnn(-c3cccc(Cl)c3)c2C(C)C)CC1. The lowest BCUT2D eigenvalue weighted by Crippen LogP contribution is -2.36. The Kier molecular flexibility index (Phi) is 5.85. The minimum Gasteiger partial charge on any atom is -0.341 e. The van der Waals surface area contributed by atoms with Gasteiger partial charge in [0.1, 0.15) is 0 Å². The summed E-state index contributed by atoms with van der Waals surface area (Å²) in [6.45, 7) is 8.12. The van der Waals surface area contributed by atoms with Crippen LogP contribution in [0.25, 0.3) is 5.69 Å². The molecule has 27 heavy (non-hydrogen) atoms. The molecule has 1 aliphatic rings. The van der Waals surface area contributed by atoms with E-state index in [-0.39, 0.29) is 17.7 Å². The average molecular weight is 389 g/mol. The number of carbonyl (C=O) groups excluding carboxylic acids is 2. The first kappa shape index (κ1) is 19.4. The number of nitrogens with zero attached hydrogens (tertiary/aromatic N) is 4. The highest BCUT2D eigenvalue weighted by Gasteiger charge is 2.27. The molecule has 0 spiro atoms. The van der Waals surface area contributed by atoms with E-state index < -0.39 is 0 Å². The van der Waals surface area contributed by atoms with Gasteiger partial charge in [-0.25, -0.2) is 4.68 Å². The van der Waals surface area contributed by atoms with Crippen molar-refractivity contribution in [3.05, 3.63) is 46.7 Å². The number of rotatable bonds is 3. The van der Waals surface area contributed by atoms with Gasteiger partial charge in [0.2, 0.25) is 5.91 Å². The summed E-state index contributed by atoms with van der Waals surface area (Å²) in [4.78, 5) is 28.5. The van der Waals surface area contributed by atoms with Crippen LogP contribution in [0.4, 0.5) is 0 Å². The Morgan fingerprint density at radius 2 is 1.81 bits per heavy atom. The molecule has 144 valence electrons. The molecular weight excluding hydrogens is 364 g/mol. The van der Waals surface area contributed by atoms with Crippen LogP contribution in [0, 0.1) is 0 Å². The molecule has 6 nitrogen and oxygen atoms in total. The Bertz CT molecular complexity index is 846. The van der Waals surface area contributed by atoms with Crippen molar-refractivity contribution < 1.29 is 9.59 Å². The van der Waals surface area contributed by atoms with E-state index in [9.17, 15) is 9.59 Å². The average Bonchev–Trinajstić information content (AvgIpc) is 2.92. The molecule has 0 bridgehead atoms. The maximum absolute atomic E-state index is 13.2. The molecule has 1 saturated heterocycles. The zero-order chi connectivity index (χ0) is 19.6. The molecule has 2 aromatic rings. The lowest BCUT2D eigenvalue weighted by Gasteiger charge is -2.22. The molecule has 0 unspecified atom stereocenters. The van der Waals surface area contributed by atoms with E-state index in [1.54, 1.807) is 22.7 Å². The molecule has 0 aliphatic carbocycles. The van der Waals surface area contributed by atoms with Crippen LogP contribution in [0.2, 0.25) is 5.02 Å². The fourth-order valence-electron chi connectivity index (χ4n) is 3.50. The molecule has 1 aromatic heterocycles. The van der Waals surface area contributed by atoms with E-state index >= 15 is 0 Å². The first-order valence-corrected chi connectivity index (χ1v) is 9.65. The van der Waals surface area contributed by atoms with Crippen molar-refractivity contribution in [1.82, 2.24) is 19.6 Å². The van der Waals surface area contributed by atoms with E-state index in [0.29, 0.717) is 36.8 Å². The number of carbonyl (C=O) groups is 2. The molecule has 0 atom stereocenters. The van der Waals surface area contributed by atoms with Crippen LogP contribution < -0.4 is 0 Å². The summed E-state index contributed by atoms with van der Waals surface area (Å²) in [6.07, 6.45) is 2.43. The number of hydrogen-bond donors (Lipinski definition) is 0. The zero-order valence-electron chi connectivity index (χ0n) is 16.0. The molecule has 0 N–H and O–H groups in total. The van der Waals surface area contributed by atoms with Crippen molar-refractivity contribution in [2.75, 3.05) is 26.2 Å². The third-order valence-electron chi connectivity index (χ3n) is 4.86. The molecule has 2 heterocycles. The van der Waals surface area contributed by atoms with Gasteiger partial charge in [-0.2, -0.15) is 5.10 Å². The number of halogens is 1. The summed E-state index contributed by atoms with van der Waals surface area (Å²) in [5, 5.41) is 5.10. The highest BCUT2D eigenvalue weighted by Crippen LogP contribution is 2.25. The van der Waals surface area contributed by atoms with Crippen LogP contribution in [-0.4, -0.2) is 57.6 Å². The van der Waals surface area contributed by atoms with E-state index in [4.69, 9.17) is 11.6 Å². The Labute approximate surface area is 164 Å². The van der Waals surface area contributed by atoms with Gasteiger partial charge in [-0.1, -0.05) is 31.5 Å². The minimum atomic E-state index is -0.0302. The van der Waals surface area contributed by atoms with Crippen LogP contribution in [0.5, 0.6) is 0 Å². The Balaban J connectivity index is 1.90. The molecule has 0 radical (unpaired) electrons. The summed E-state index contributed by atoms with van der Waals surface area (Å²) in [5.74, 6) is 0.143. The van der Waals surface area contributed by atoms with Gasteiger partial charge < -0.3 is 9.80 Å². The van der Waals surface area contributed by atoms with Crippen LogP contribution in [0.3, 0.4) is 0 Å². The highest BCUT2D eigenvalue weighted by molar-refractivity contribution is 6.30. The van der Waals surface area contributed by atoms with Crippen molar-refractivity contribution in [3.63, 3.8) is 0 Å². The lowest BCUT2D eigenvalue weighted by molar-refractivity contribution is -0.128. The third-order valence-corrected chi connectivity index (χ3v) is 5.10. The summed E-state index contributed by atoms with van der Waals surface area (Å²) >= 11 is 6.13. The predicted molar refractivity (Wildman–Crippen MR) is 105 cm³/mol. The van der Waals surface area contributed by atoms with E-state index in [1.807, 2.05) is 29.2 Å². The standard InChI is InChI=1S/C20H25ClN4O2/c1-14(2)19-18(13-22-25(19)17-7-4-6-16(21)12-17)20(27)24-9-5-8-23(10-11-24)15(3)26/h4,6-7,12-14H,5,8-11H2,1-3H3. The summed E-state index contributed by atoms with van der Waals surface area (Å²) < 4.78 is 1.80. The maximum atomic E-state index is 13.2. The molecule has 1 aliphatic heterocycles. The molecule has 0 saturated carbocycles. The van der Waals surface area contributed by atoms with Gasteiger partial charge in [0, 0.05) is 38.1 Å². The molecule has 1 aromatic carbocycles. The molecule has 3 rings (SSSR count). The summed E-state index contributed by atoms with van der Waals surface area (Å²) in [7, 11) is 0. The van der Waals surface area contributed by atoms with Gasteiger partial charge in [-0.15, -0.1) is 0 Å². The smallest absolute Gasteiger partial charge is 0.257 e. The van der Waals surface area contributed by atoms with Crippen molar-refractivity contribution in [2.45, 2.75) is 33.1 Å². The number of aromatic nitrogens is 2. The van der Waals surface area contributed by atoms with Crippen molar-refractivity contribution in [1.29, 1.82) is 0 Å². The van der Waals surface area contributed by atoms with Gasteiger partial charge >= 0.3 is 0 Å². The first-order valence-electron chi connectivity index (χ1n) is 9.27. The second-order valence-corrected chi connectivity index (χ2v) is 7.58. The minimum absolute atomic E-state index is 0.0302. The van der Waals surface area contributed by atoms with Crippen LogP contribution >= 0.6 is 11.6 Å². The van der Waals surface area contributed by atoms with Gasteiger partial charge in [-0.05, 0) is 30.5 Å².